The largest absolute Gasteiger partial charge is 0.394 e. The Balaban J connectivity index is 2.17. The van der Waals surface area contributed by atoms with E-state index in [1.807, 2.05) is 0 Å². The van der Waals surface area contributed by atoms with Gasteiger partial charge in [0.25, 0.3) is 0 Å². The van der Waals surface area contributed by atoms with Crippen LogP contribution in [0.2, 0.25) is 0 Å². The molecule has 0 aromatic heterocycles. The fourth-order valence-corrected chi connectivity index (χ4v) is 2.91. The summed E-state index contributed by atoms with van der Waals surface area (Å²) in [4.78, 5) is 0. The summed E-state index contributed by atoms with van der Waals surface area (Å²) in [6, 6.07) is 0. The topological polar surface area (TPSA) is 69.9 Å². The molecular formula is C11H22O4S. The van der Waals surface area contributed by atoms with Crippen LogP contribution in [0.1, 0.15) is 32.6 Å². The van der Waals surface area contributed by atoms with Crippen LogP contribution in [0.15, 0.2) is 0 Å². The van der Waals surface area contributed by atoms with Crippen molar-refractivity contribution in [2.45, 2.75) is 56.4 Å². The quantitative estimate of drug-likeness (QED) is 0.581. The van der Waals surface area contributed by atoms with Gasteiger partial charge < -0.3 is 20.1 Å². The highest BCUT2D eigenvalue weighted by atomic mass is 32.2. The first-order chi connectivity index (χ1) is 7.70. The van der Waals surface area contributed by atoms with E-state index in [4.69, 9.17) is 9.84 Å². The number of thioether (sulfide) groups is 1. The minimum atomic E-state index is -0.960. The molecule has 0 aromatic carbocycles. The molecule has 0 radical (unpaired) electrons. The minimum Gasteiger partial charge on any atom is -0.394 e. The van der Waals surface area contributed by atoms with Gasteiger partial charge in [-0.25, -0.2) is 0 Å². The van der Waals surface area contributed by atoms with Crippen LogP contribution in [-0.4, -0.2) is 51.4 Å². The average Bonchev–Trinajstić information content (AvgIpc) is 2.56. The molecule has 1 saturated heterocycles. The lowest BCUT2D eigenvalue weighted by Gasteiger charge is -2.13. The Bertz CT molecular complexity index is 191. The first-order valence-electron chi connectivity index (χ1n) is 5.94. The molecule has 0 aromatic rings. The van der Waals surface area contributed by atoms with E-state index in [0.29, 0.717) is 0 Å². The van der Waals surface area contributed by atoms with Crippen LogP contribution in [0.25, 0.3) is 0 Å². The Morgan fingerprint density at radius 3 is 2.44 bits per heavy atom. The van der Waals surface area contributed by atoms with Crippen molar-refractivity contribution in [2.24, 2.45) is 0 Å². The number of aliphatic hydroxyl groups is 3. The molecule has 0 unspecified atom stereocenters. The monoisotopic (exact) mass is 250 g/mol. The third kappa shape index (κ3) is 3.89. The second-order valence-electron chi connectivity index (χ2n) is 4.14. The van der Waals surface area contributed by atoms with Crippen molar-refractivity contribution >= 4 is 11.8 Å². The van der Waals surface area contributed by atoms with Crippen molar-refractivity contribution in [3.8, 4) is 0 Å². The van der Waals surface area contributed by atoms with E-state index in [2.05, 4.69) is 6.92 Å². The van der Waals surface area contributed by atoms with E-state index >= 15 is 0 Å². The lowest BCUT2D eigenvalue weighted by Crippen LogP contribution is -2.33. The molecule has 3 N–H and O–H groups in total. The third-order valence-electron chi connectivity index (χ3n) is 2.78. The van der Waals surface area contributed by atoms with Crippen LogP contribution < -0.4 is 0 Å². The van der Waals surface area contributed by atoms with E-state index in [0.717, 1.165) is 12.2 Å². The summed E-state index contributed by atoms with van der Waals surface area (Å²) in [5.74, 6) is 0.923. The minimum absolute atomic E-state index is 0.245. The highest BCUT2D eigenvalue weighted by Crippen LogP contribution is 2.29. The van der Waals surface area contributed by atoms with E-state index in [-0.39, 0.29) is 6.61 Å². The summed E-state index contributed by atoms with van der Waals surface area (Å²) >= 11 is 1.52. The molecule has 1 aliphatic heterocycles. The fraction of sp³-hybridized carbons (Fsp3) is 1.00. The molecule has 0 aliphatic carbocycles. The lowest BCUT2D eigenvalue weighted by molar-refractivity contribution is -0.00808. The van der Waals surface area contributed by atoms with E-state index in [1.165, 1.54) is 31.0 Å². The van der Waals surface area contributed by atoms with Gasteiger partial charge in [-0.15, -0.1) is 11.8 Å². The molecule has 1 heterocycles. The Morgan fingerprint density at radius 1 is 1.12 bits per heavy atom. The molecule has 1 rings (SSSR count). The average molecular weight is 250 g/mol. The number of rotatable bonds is 7. The zero-order valence-electron chi connectivity index (χ0n) is 9.71. The number of unbranched alkanes of at least 4 members (excludes halogenated alkanes) is 3. The Hall–Kier alpha value is 0.190. The molecule has 5 heteroatoms. The Morgan fingerprint density at radius 2 is 1.88 bits per heavy atom. The first kappa shape index (κ1) is 14.3. The van der Waals surface area contributed by atoms with Gasteiger partial charge in [0.15, 0.2) is 0 Å². The van der Waals surface area contributed by atoms with Gasteiger partial charge >= 0.3 is 0 Å². The van der Waals surface area contributed by atoms with Crippen molar-refractivity contribution in [1.29, 1.82) is 0 Å². The second kappa shape index (κ2) is 7.50. The number of ether oxygens (including phenoxy) is 1. The predicted molar refractivity (Wildman–Crippen MR) is 64.4 cm³/mol. The maximum atomic E-state index is 9.65. The molecule has 4 atom stereocenters. The highest BCUT2D eigenvalue weighted by Gasteiger charge is 2.42. The summed E-state index contributed by atoms with van der Waals surface area (Å²) in [7, 11) is 0. The Labute approximate surface area is 101 Å². The van der Waals surface area contributed by atoms with E-state index in [9.17, 15) is 10.2 Å². The van der Waals surface area contributed by atoms with Crippen molar-refractivity contribution in [2.75, 3.05) is 12.4 Å². The van der Waals surface area contributed by atoms with E-state index in [1.54, 1.807) is 0 Å². The van der Waals surface area contributed by atoms with Crippen LogP contribution in [0.3, 0.4) is 0 Å². The molecule has 0 saturated carbocycles. The van der Waals surface area contributed by atoms with Crippen molar-refractivity contribution in [3.63, 3.8) is 0 Å². The SMILES string of the molecule is CCCCCCS[C@@H]1O[C@H](CO)[C@H](O)[C@H]1O. The van der Waals surface area contributed by atoms with Crippen molar-refractivity contribution in [3.05, 3.63) is 0 Å². The summed E-state index contributed by atoms with van der Waals surface area (Å²) in [6.07, 6.45) is 2.26. The van der Waals surface area contributed by atoms with Crippen LogP contribution in [0.4, 0.5) is 0 Å². The molecule has 0 amide bonds. The van der Waals surface area contributed by atoms with Gasteiger partial charge in [0.05, 0.1) is 6.61 Å². The van der Waals surface area contributed by atoms with Gasteiger partial charge in [-0.1, -0.05) is 26.2 Å². The van der Waals surface area contributed by atoms with Crippen molar-refractivity contribution < 1.29 is 20.1 Å². The van der Waals surface area contributed by atoms with Crippen LogP contribution in [0.5, 0.6) is 0 Å². The van der Waals surface area contributed by atoms with Gasteiger partial charge in [0.2, 0.25) is 0 Å². The Kier molecular flexibility index (Phi) is 6.68. The summed E-state index contributed by atoms with van der Waals surface area (Å²) in [5.41, 5.74) is -0.395. The smallest absolute Gasteiger partial charge is 0.132 e. The number of aliphatic hydroxyl groups excluding tert-OH is 3. The highest BCUT2D eigenvalue weighted by molar-refractivity contribution is 7.99. The molecule has 0 bridgehead atoms. The predicted octanol–water partition coefficient (Wildman–Crippen LogP) is 0.739. The summed E-state index contributed by atoms with van der Waals surface area (Å²) in [6.45, 7) is 1.92. The summed E-state index contributed by atoms with van der Waals surface area (Å²) in [5, 5.41) is 28.1. The van der Waals surface area contributed by atoms with Gasteiger partial charge in [0, 0.05) is 0 Å². The number of hydrogen-bond donors (Lipinski definition) is 3. The zero-order chi connectivity index (χ0) is 12.0. The number of hydrogen-bond acceptors (Lipinski definition) is 5. The van der Waals surface area contributed by atoms with Gasteiger partial charge in [-0.2, -0.15) is 0 Å². The standard InChI is InChI=1S/C11H22O4S/c1-2-3-4-5-6-16-11-10(14)9(13)8(7-12)15-11/h8-14H,2-7H2,1H3/t8-,9+,10-,11+/m1/s1. The maximum Gasteiger partial charge on any atom is 0.132 e. The van der Waals surface area contributed by atoms with Crippen LogP contribution in [-0.2, 0) is 4.74 Å². The normalized spacial score (nSPS) is 34.5. The fourth-order valence-electron chi connectivity index (χ4n) is 1.73. The third-order valence-corrected chi connectivity index (χ3v) is 4.02. The van der Waals surface area contributed by atoms with Crippen LogP contribution >= 0.6 is 11.8 Å². The molecule has 1 fully saturated rings. The molecule has 0 spiro atoms. The molecular weight excluding hydrogens is 228 g/mol. The molecule has 96 valence electrons. The maximum absolute atomic E-state index is 9.65. The summed E-state index contributed by atoms with van der Waals surface area (Å²) < 4.78 is 5.35. The first-order valence-corrected chi connectivity index (χ1v) is 6.99. The van der Waals surface area contributed by atoms with Crippen LogP contribution in [0, 0.1) is 0 Å². The molecule has 16 heavy (non-hydrogen) atoms. The molecule has 1 aliphatic rings. The lowest BCUT2D eigenvalue weighted by atomic mass is 10.2. The van der Waals surface area contributed by atoms with Crippen molar-refractivity contribution in [1.82, 2.24) is 0 Å². The second-order valence-corrected chi connectivity index (χ2v) is 5.34. The van der Waals surface area contributed by atoms with E-state index < -0.39 is 23.7 Å². The molecule has 4 nitrogen and oxygen atoms in total. The van der Waals surface area contributed by atoms with Gasteiger partial charge in [0.1, 0.15) is 23.7 Å². The van der Waals surface area contributed by atoms with Gasteiger partial charge in [-0.05, 0) is 12.2 Å². The zero-order valence-corrected chi connectivity index (χ0v) is 10.5. The van der Waals surface area contributed by atoms with Gasteiger partial charge in [-0.3, -0.25) is 0 Å².